The van der Waals surface area contributed by atoms with Gasteiger partial charge in [0.05, 0.1) is 42.1 Å². The molecule has 1 aromatic carbocycles. The molecule has 3 aliphatic rings. The van der Waals surface area contributed by atoms with Crippen LogP contribution in [-0.4, -0.2) is 73.7 Å². The summed E-state index contributed by atoms with van der Waals surface area (Å²) in [5, 5.41) is 19.3. The third-order valence-electron chi connectivity index (χ3n) is 6.11. The zero-order valence-electron chi connectivity index (χ0n) is 16.2. The minimum atomic E-state index is -0.979. The van der Waals surface area contributed by atoms with E-state index in [0.717, 1.165) is 15.9 Å². The number of hydrogen-bond acceptors (Lipinski definition) is 5. The maximum Gasteiger partial charge on any atom is 0.328 e. The number of hydrogen-bond donors (Lipinski definition) is 2. The molecule has 0 saturated carbocycles. The normalized spacial score (nSPS) is 32.1. The van der Waals surface area contributed by atoms with Crippen molar-refractivity contribution >= 4 is 35.4 Å². The van der Waals surface area contributed by atoms with Gasteiger partial charge in [0.15, 0.2) is 6.04 Å². The van der Waals surface area contributed by atoms with Crippen LogP contribution < -0.4 is 0 Å². The van der Waals surface area contributed by atoms with Crippen molar-refractivity contribution in [3.05, 3.63) is 29.8 Å². The van der Waals surface area contributed by atoms with Gasteiger partial charge < -0.3 is 19.6 Å². The Labute approximate surface area is 173 Å². The van der Waals surface area contributed by atoms with Crippen molar-refractivity contribution in [2.75, 3.05) is 20.1 Å². The largest absolute Gasteiger partial charge is 0.480 e. The third kappa shape index (κ3) is 3.56. The number of aliphatic carboxylic acids is 1. The van der Waals surface area contributed by atoms with E-state index >= 15 is 0 Å². The molecule has 1 aromatic rings. The number of amides is 1. The van der Waals surface area contributed by atoms with Crippen molar-refractivity contribution in [2.24, 2.45) is 5.92 Å². The number of β-lactam (4-membered cyclic amide) rings is 1. The van der Waals surface area contributed by atoms with E-state index in [1.54, 1.807) is 6.92 Å². The molecule has 1 amide bonds. The van der Waals surface area contributed by atoms with Gasteiger partial charge in [-0.1, -0.05) is 12.1 Å². The second kappa shape index (κ2) is 7.55. The smallest absolute Gasteiger partial charge is 0.328 e. The Balaban J connectivity index is 1.44. The lowest BCUT2D eigenvalue weighted by Crippen LogP contribution is -2.64. The first-order valence-electron chi connectivity index (χ1n) is 9.77. The summed E-state index contributed by atoms with van der Waals surface area (Å²) in [6.45, 7) is 5.08. The van der Waals surface area contributed by atoms with Gasteiger partial charge in [0.2, 0.25) is 5.91 Å². The lowest BCUT2D eigenvalue weighted by Gasteiger charge is -2.44. The van der Waals surface area contributed by atoms with Gasteiger partial charge in [-0.3, -0.25) is 4.79 Å². The van der Waals surface area contributed by atoms with Gasteiger partial charge in [-0.25, -0.2) is 4.79 Å². The number of likely N-dealkylation sites (tertiary alicyclic amines) is 1. The van der Waals surface area contributed by atoms with Crippen LogP contribution in [0.15, 0.2) is 29.2 Å². The maximum absolute atomic E-state index is 12.3. The minimum absolute atomic E-state index is 0.245. The zero-order chi connectivity index (χ0) is 20.1. The van der Waals surface area contributed by atoms with E-state index < -0.39 is 24.0 Å². The SMILES string of the molecule is C[C@@H](O)[C@H]1C(=O)N2C(C(=O)O)C(Sc3ccc(C[N+]4(C)CCCC4)cc3)S[C@H]12. The number of thioether (sulfide) groups is 2. The summed E-state index contributed by atoms with van der Waals surface area (Å²) in [6, 6.07) is 7.54. The summed E-state index contributed by atoms with van der Waals surface area (Å²) >= 11 is 2.99. The topological polar surface area (TPSA) is 77.8 Å². The molecule has 3 saturated heterocycles. The third-order valence-corrected chi connectivity index (χ3v) is 9.09. The Morgan fingerprint density at radius 1 is 1.32 bits per heavy atom. The molecule has 0 aromatic heterocycles. The van der Waals surface area contributed by atoms with E-state index in [9.17, 15) is 19.8 Å². The molecule has 0 radical (unpaired) electrons. The highest BCUT2D eigenvalue weighted by atomic mass is 32.2. The number of benzene rings is 1. The van der Waals surface area contributed by atoms with Gasteiger partial charge in [0.25, 0.3) is 0 Å². The summed E-state index contributed by atoms with van der Waals surface area (Å²) in [6.07, 6.45) is 1.84. The van der Waals surface area contributed by atoms with Crippen LogP contribution in [0.2, 0.25) is 0 Å². The molecular weight excluding hydrogens is 396 g/mol. The number of carboxylic acids is 1. The Kier molecular flexibility index (Phi) is 5.41. The molecule has 2 unspecified atom stereocenters. The van der Waals surface area contributed by atoms with E-state index in [4.69, 9.17) is 0 Å². The first kappa shape index (κ1) is 20.1. The highest BCUT2D eigenvalue weighted by Gasteiger charge is 2.62. The van der Waals surface area contributed by atoms with Crippen molar-refractivity contribution in [2.45, 2.75) is 53.3 Å². The molecular formula is C20H27N2O4S2+. The molecule has 5 atom stereocenters. The predicted molar refractivity (Wildman–Crippen MR) is 110 cm³/mol. The average Bonchev–Trinajstić information content (AvgIpc) is 3.18. The quantitative estimate of drug-likeness (QED) is 0.540. The molecule has 0 spiro atoms. The Bertz CT molecular complexity index is 764. The predicted octanol–water partition coefficient (Wildman–Crippen LogP) is 2.21. The van der Waals surface area contributed by atoms with Gasteiger partial charge >= 0.3 is 5.97 Å². The van der Waals surface area contributed by atoms with Crippen molar-refractivity contribution in [1.82, 2.24) is 4.90 Å². The molecule has 2 N–H and O–H groups in total. The first-order valence-corrected chi connectivity index (χ1v) is 11.6. The summed E-state index contributed by atoms with van der Waals surface area (Å²) in [5.41, 5.74) is 1.30. The number of nitrogens with zero attached hydrogens (tertiary/aromatic N) is 2. The van der Waals surface area contributed by atoms with Gasteiger partial charge in [0.1, 0.15) is 6.54 Å². The van der Waals surface area contributed by atoms with Crippen LogP contribution in [0.25, 0.3) is 0 Å². The van der Waals surface area contributed by atoms with E-state index in [0.29, 0.717) is 0 Å². The van der Waals surface area contributed by atoms with E-state index in [1.807, 2.05) is 0 Å². The highest BCUT2D eigenvalue weighted by Crippen LogP contribution is 2.53. The molecule has 4 rings (SSSR count). The Hall–Kier alpha value is -1.22. The molecule has 3 heterocycles. The second-order valence-corrected chi connectivity index (χ2v) is 11.2. The number of quaternary nitrogens is 1. The maximum atomic E-state index is 12.3. The van der Waals surface area contributed by atoms with E-state index in [-0.39, 0.29) is 15.9 Å². The van der Waals surface area contributed by atoms with Crippen LogP contribution in [0.4, 0.5) is 0 Å². The van der Waals surface area contributed by atoms with E-state index in [2.05, 4.69) is 31.3 Å². The lowest BCUT2D eigenvalue weighted by molar-refractivity contribution is -0.910. The van der Waals surface area contributed by atoms with Crippen LogP contribution >= 0.6 is 23.5 Å². The van der Waals surface area contributed by atoms with Gasteiger partial charge in [0, 0.05) is 23.3 Å². The fourth-order valence-corrected chi connectivity index (χ4v) is 7.96. The Morgan fingerprint density at radius 3 is 2.54 bits per heavy atom. The van der Waals surface area contributed by atoms with Crippen molar-refractivity contribution in [3.8, 4) is 0 Å². The van der Waals surface area contributed by atoms with Crippen molar-refractivity contribution < 1.29 is 24.3 Å². The zero-order valence-corrected chi connectivity index (χ0v) is 17.8. The molecule has 6 nitrogen and oxygen atoms in total. The summed E-state index contributed by atoms with van der Waals surface area (Å²) < 4.78 is 0.815. The monoisotopic (exact) mass is 423 g/mol. The van der Waals surface area contributed by atoms with Gasteiger partial charge in [-0.15, -0.1) is 23.5 Å². The molecule has 0 bridgehead atoms. The molecule has 0 aliphatic carbocycles. The first-order chi connectivity index (χ1) is 13.3. The number of carbonyl (C=O) groups excluding carboxylic acids is 1. The molecule has 152 valence electrons. The standard InChI is InChI=1S/C20H26N2O4S2/c1-12(23)15-17(24)21-16(19(25)26)20(28-18(15)21)27-14-7-5-13(6-8-14)11-22(2)9-3-4-10-22/h5-8,12,15-16,18,20,23H,3-4,9-11H2,1-2H3/p+1/t12-,15+,16?,18-,20?/m1/s1. The Morgan fingerprint density at radius 2 is 1.96 bits per heavy atom. The number of aliphatic hydroxyl groups is 1. The molecule has 3 aliphatic heterocycles. The average molecular weight is 424 g/mol. The van der Waals surface area contributed by atoms with Crippen LogP contribution in [0, 0.1) is 5.92 Å². The van der Waals surface area contributed by atoms with Crippen LogP contribution in [0.1, 0.15) is 25.3 Å². The van der Waals surface area contributed by atoms with E-state index in [1.165, 1.54) is 59.9 Å². The number of fused-ring (bicyclic) bond motifs is 1. The molecule has 3 fully saturated rings. The van der Waals surface area contributed by atoms with Gasteiger partial charge in [-0.2, -0.15) is 0 Å². The number of carboxylic acid groups (broad SMARTS) is 1. The number of carbonyl (C=O) groups is 2. The van der Waals surface area contributed by atoms with Crippen molar-refractivity contribution in [3.63, 3.8) is 0 Å². The lowest BCUT2D eigenvalue weighted by atomic mass is 9.91. The van der Waals surface area contributed by atoms with Crippen LogP contribution in [0.5, 0.6) is 0 Å². The second-order valence-electron chi connectivity index (χ2n) is 8.38. The minimum Gasteiger partial charge on any atom is -0.480 e. The van der Waals surface area contributed by atoms with Crippen LogP contribution in [-0.2, 0) is 16.1 Å². The van der Waals surface area contributed by atoms with Crippen molar-refractivity contribution in [1.29, 1.82) is 0 Å². The highest BCUT2D eigenvalue weighted by molar-refractivity contribution is 8.17. The van der Waals surface area contributed by atoms with Gasteiger partial charge in [-0.05, 0) is 19.1 Å². The fourth-order valence-electron chi connectivity index (χ4n) is 4.58. The fraction of sp³-hybridized carbons (Fsp3) is 0.600. The summed E-state index contributed by atoms with van der Waals surface area (Å²) in [4.78, 5) is 26.6. The summed E-state index contributed by atoms with van der Waals surface area (Å²) in [7, 11) is 2.31. The number of aliphatic hydroxyl groups excluding tert-OH is 1. The van der Waals surface area contributed by atoms with Crippen LogP contribution in [0.3, 0.4) is 0 Å². The molecule has 28 heavy (non-hydrogen) atoms. The molecule has 8 heteroatoms. The number of rotatable bonds is 6. The summed E-state index contributed by atoms with van der Waals surface area (Å²) in [5.74, 6) is -1.72.